The minimum Gasteiger partial charge on any atom is -0.355 e. The third-order valence-corrected chi connectivity index (χ3v) is 3.43. The van der Waals surface area contributed by atoms with Crippen LogP contribution in [0.1, 0.15) is 33.6 Å². The van der Waals surface area contributed by atoms with Crippen LogP contribution in [0.4, 0.5) is 5.82 Å². The van der Waals surface area contributed by atoms with Gasteiger partial charge in [0, 0.05) is 13.1 Å². The molecule has 0 unspecified atom stereocenters. The van der Waals surface area contributed by atoms with E-state index in [4.69, 9.17) is 11.6 Å². The van der Waals surface area contributed by atoms with Crippen LogP contribution in [-0.4, -0.2) is 23.1 Å². The monoisotopic (exact) mass is 257 g/mol. The van der Waals surface area contributed by atoms with Crippen molar-refractivity contribution in [1.82, 2.24) is 9.97 Å². The van der Waals surface area contributed by atoms with Crippen LogP contribution in [0.5, 0.6) is 0 Å². The van der Waals surface area contributed by atoms with Crippen LogP contribution in [-0.2, 0) is 0 Å². The minimum atomic E-state index is -0.278. The van der Waals surface area contributed by atoms with E-state index >= 15 is 0 Å². The molecule has 0 aliphatic rings. The van der Waals surface area contributed by atoms with Gasteiger partial charge in [-0.15, -0.1) is 0 Å². The zero-order valence-corrected chi connectivity index (χ0v) is 11.4. The average Bonchev–Trinajstić information content (AvgIpc) is 2.35. The lowest BCUT2D eigenvalue weighted by atomic mass is 10.0. The van der Waals surface area contributed by atoms with E-state index in [-0.39, 0.29) is 10.6 Å². The summed E-state index contributed by atoms with van der Waals surface area (Å²) in [6.07, 6.45) is 3.64. The number of aromatic amines is 1. The van der Waals surface area contributed by atoms with Crippen molar-refractivity contribution in [3.63, 3.8) is 0 Å². The minimum absolute atomic E-state index is 0.181. The van der Waals surface area contributed by atoms with Crippen LogP contribution in [0.25, 0.3) is 0 Å². The van der Waals surface area contributed by atoms with E-state index in [0.29, 0.717) is 11.7 Å². The van der Waals surface area contributed by atoms with Gasteiger partial charge in [0.25, 0.3) is 5.56 Å². The maximum absolute atomic E-state index is 11.4. The molecule has 0 aliphatic heterocycles. The number of rotatable bonds is 6. The summed E-state index contributed by atoms with van der Waals surface area (Å²) in [5.74, 6) is 1.19. The third kappa shape index (κ3) is 3.46. The fourth-order valence-corrected chi connectivity index (χ4v) is 2.04. The number of nitrogens with one attached hydrogen (secondary N) is 1. The molecule has 0 bridgehead atoms. The summed E-state index contributed by atoms with van der Waals surface area (Å²) in [4.78, 5) is 20.1. The van der Waals surface area contributed by atoms with Gasteiger partial charge in [-0.25, -0.2) is 4.98 Å². The Labute approximate surface area is 107 Å². The Morgan fingerprint density at radius 2 is 2.06 bits per heavy atom. The highest BCUT2D eigenvalue weighted by molar-refractivity contribution is 6.32. The lowest BCUT2D eigenvalue weighted by Crippen LogP contribution is -2.31. The first-order valence-corrected chi connectivity index (χ1v) is 6.49. The Kier molecular flexibility index (Phi) is 5.48. The number of H-pyrrole nitrogens is 1. The van der Waals surface area contributed by atoms with Gasteiger partial charge in [-0.1, -0.05) is 38.3 Å². The Bertz CT molecular complexity index is 401. The highest BCUT2D eigenvalue weighted by Gasteiger charge is 2.16. The van der Waals surface area contributed by atoms with Crippen LogP contribution >= 0.6 is 11.6 Å². The number of halogens is 1. The third-order valence-electron chi connectivity index (χ3n) is 3.09. The van der Waals surface area contributed by atoms with E-state index < -0.39 is 0 Å². The fourth-order valence-electron chi connectivity index (χ4n) is 1.82. The van der Waals surface area contributed by atoms with Gasteiger partial charge in [-0.3, -0.25) is 4.79 Å². The molecule has 1 aromatic heterocycles. The van der Waals surface area contributed by atoms with Gasteiger partial charge in [0.1, 0.15) is 5.02 Å². The van der Waals surface area contributed by atoms with Crippen molar-refractivity contribution in [2.24, 2.45) is 5.92 Å². The molecule has 0 fully saturated rings. The van der Waals surface area contributed by atoms with Gasteiger partial charge in [0.15, 0.2) is 5.82 Å². The number of hydrogen-bond donors (Lipinski definition) is 1. The van der Waals surface area contributed by atoms with Crippen LogP contribution < -0.4 is 10.5 Å². The lowest BCUT2D eigenvalue weighted by molar-refractivity contribution is 0.484. The first-order valence-electron chi connectivity index (χ1n) is 6.12. The maximum atomic E-state index is 11.4. The molecule has 0 saturated heterocycles. The second-order valence-corrected chi connectivity index (χ2v) is 4.47. The summed E-state index contributed by atoms with van der Waals surface area (Å²) < 4.78 is 0. The summed E-state index contributed by atoms with van der Waals surface area (Å²) in [5, 5.41) is 0.181. The van der Waals surface area contributed by atoms with Gasteiger partial charge in [-0.05, 0) is 12.8 Å². The molecule has 4 nitrogen and oxygen atoms in total. The lowest BCUT2D eigenvalue weighted by Gasteiger charge is -2.26. The Morgan fingerprint density at radius 3 is 2.59 bits per heavy atom. The topological polar surface area (TPSA) is 49.0 Å². The normalized spacial score (nSPS) is 10.9. The molecular weight excluding hydrogens is 238 g/mol. The number of anilines is 1. The molecule has 17 heavy (non-hydrogen) atoms. The smallest absolute Gasteiger partial charge is 0.271 e. The SMILES string of the molecule is CCC(CC)CN(CC)c1nc[nH]c(=O)c1Cl. The molecule has 0 amide bonds. The van der Waals surface area contributed by atoms with E-state index in [1.54, 1.807) is 0 Å². The Hall–Kier alpha value is -1.03. The zero-order valence-electron chi connectivity index (χ0n) is 10.7. The number of hydrogen-bond acceptors (Lipinski definition) is 3. The van der Waals surface area contributed by atoms with Crippen molar-refractivity contribution in [3.05, 3.63) is 21.7 Å². The summed E-state index contributed by atoms with van der Waals surface area (Å²) in [5.41, 5.74) is -0.278. The van der Waals surface area contributed by atoms with Crippen LogP contribution in [0.15, 0.2) is 11.1 Å². The van der Waals surface area contributed by atoms with Gasteiger partial charge in [0.2, 0.25) is 0 Å². The van der Waals surface area contributed by atoms with Crippen molar-refractivity contribution in [3.8, 4) is 0 Å². The second kappa shape index (κ2) is 6.64. The largest absolute Gasteiger partial charge is 0.355 e. The van der Waals surface area contributed by atoms with E-state index in [9.17, 15) is 4.79 Å². The molecule has 5 heteroatoms. The molecule has 96 valence electrons. The quantitative estimate of drug-likeness (QED) is 0.852. The highest BCUT2D eigenvalue weighted by atomic mass is 35.5. The second-order valence-electron chi connectivity index (χ2n) is 4.09. The van der Waals surface area contributed by atoms with E-state index in [1.165, 1.54) is 6.33 Å². The predicted octanol–water partition coefficient (Wildman–Crippen LogP) is 2.69. The molecule has 1 heterocycles. The fraction of sp³-hybridized carbons (Fsp3) is 0.667. The molecule has 0 atom stereocenters. The van der Waals surface area contributed by atoms with Crippen molar-refractivity contribution >= 4 is 17.4 Å². The van der Waals surface area contributed by atoms with Crippen LogP contribution in [0.2, 0.25) is 5.02 Å². The van der Waals surface area contributed by atoms with E-state index in [2.05, 4.69) is 28.7 Å². The average molecular weight is 258 g/mol. The highest BCUT2D eigenvalue weighted by Crippen LogP contribution is 2.20. The first kappa shape index (κ1) is 14.0. The van der Waals surface area contributed by atoms with Gasteiger partial charge in [-0.2, -0.15) is 0 Å². The van der Waals surface area contributed by atoms with E-state index in [1.807, 2.05) is 6.92 Å². The standard InChI is InChI=1S/C12H20ClN3O/c1-4-9(5-2)7-16(6-3)11-10(13)12(17)15-8-14-11/h8-9H,4-7H2,1-3H3,(H,14,15,17). The summed E-state index contributed by atoms with van der Waals surface area (Å²) >= 11 is 5.99. The van der Waals surface area contributed by atoms with Crippen molar-refractivity contribution in [2.75, 3.05) is 18.0 Å². The van der Waals surface area contributed by atoms with Crippen molar-refractivity contribution < 1.29 is 0 Å². The molecule has 0 aliphatic carbocycles. The molecule has 1 N–H and O–H groups in total. The van der Waals surface area contributed by atoms with Crippen molar-refractivity contribution in [1.29, 1.82) is 0 Å². The summed E-state index contributed by atoms with van der Waals surface area (Å²) in [6.45, 7) is 8.08. The van der Waals surface area contributed by atoms with E-state index in [0.717, 1.165) is 25.9 Å². The van der Waals surface area contributed by atoms with Crippen molar-refractivity contribution in [2.45, 2.75) is 33.6 Å². The summed E-state index contributed by atoms with van der Waals surface area (Å²) in [6, 6.07) is 0. The molecule has 0 spiro atoms. The molecule has 1 rings (SSSR count). The molecule has 0 aromatic carbocycles. The molecule has 1 aromatic rings. The molecular formula is C12H20ClN3O. The molecule has 0 radical (unpaired) electrons. The van der Waals surface area contributed by atoms with Gasteiger partial charge in [0.05, 0.1) is 6.33 Å². The summed E-state index contributed by atoms with van der Waals surface area (Å²) in [7, 11) is 0. The van der Waals surface area contributed by atoms with Crippen LogP contribution in [0, 0.1) is 5.92 Å². The number of nitrogens with zero attached hydrogens (tertiary/aromatic N) is 2. The Morgan fingerprint density at radius 1 is 1.41 bits per heavy atom. The Balaban J connectivity index is 2.93. The van der Waals surface area contributed by atoms with Gasteiger partial charge >= 0.3 is 0 Å². The number of aromatic nitrogens is 2. The van der Waals surface area contributed by atoms with Gasteiger partial charge < -0.3 is 9.88 Å². The molecule has 0 saturated carbocycles. The zero-order chi connectivity index (χ0) is 12.8. The first-order chi connectivity index (χ1) is 8.13. The predicted molar refractivity (Wildman–Crippen MR) is 71.8 cm³/mol. The van der Waals surface area contributed by atoms with Crippen LogP contribution in [0.3, 0.4) is 0 Å². The maximum Gasteiger partial charge on any atom is 0.271 e.